The van der Waals surface area contributed by atoms with Crippen molar-refractivity contribution in [2.75, 3.05) is 39.3 Å². The van der Waals surface area contributed by atoms with Crippen LogP contribution in [0.2, 0.25) is 0 Å². The first kappa shape index (κ1) is 16.8. The van der Waals surface area contributed by atoms with Crippen molar-refractivity contribution in [1.82, 2.24) is 9.80 Å². The van der Waals surface area contributed by atoms with Gasteiger partial charge in [0.25, 0.3) is 0 Å². The highest BCUT2D eigenvalue weighted by Gasteiger charge is 2.40. The minimum Gasteiger partial charge on any atom is -0.329 e. The van der Waals surface area contributed by atoms with Crippen LogP contribution < -0.4 is 5.73 Å². The smallest absolute Gasteiger partial charge is 0.0233 e. The van der Waals surface area contributed by atoms with Gasteiger partial charge in [-0.25, -0.2) is 0 Å². The number of rotatable bonds is 4. The SMILES string of the molecule is Cl.NCCN1CCC2(CCCN(Cc3ccccc3)C2)C1. The third-order valence-corrected chi connectivity index (χ3v) is 4.95. The molecule has 0 aromatic heterocycles. The van der Waals surface area contributed by atoms with Crippen LogP contribution in [0.1, 0.15) is 24.8 Å². The largest absolute Gasteiger partial charge is 0.329 e. The lowest BCUT2D eigenvalue weighted by Crippen LogP contribution is -2.44. The van der Waals surface area contributed by atoms with E-state index in [2.05, 4.69) is 40.1 Å². The molecule has 1 spiro atoms. The van der Waals surface area contributed by atoms with Crippen molar-refractivity contribution in [2.24, 2.45) is 11.1 Å². The van der Waals surface area contributed by atoms with Gasteiger partial charge in [0.15, 0.2) is 0 Å². The van der Waals surface area contributed by atoms with Gasteiger partial charge in [-0.3, -0.25) is 4.90 Å². The van der Waals surface area contributed by atoms with E-state index in [-0.39, 0.29) is 12.4 Å². The van der Waals surface area contributed by atoms with Crippen LogP contribution in [0.3, 0.4) is 0 Å². The zero-order chi connectivity index (χ0) is 13.8. The van der Waals surface area contributed by atoms with Gasteiger partial charge in [0.05, 0.1) is 0 Å². The molecule has 1 atom stereocenters. The van der Waals surface area contributed by atoms with E-state index in [9.17, 15) is 0 Å². The quantitative estimate of drug-likeness (QED) is 0.927. The van der Waals surface area contributed by atoms with Crippen molar-refractivity contribution in [3.8, 4) is 0 Å². The second kappa shape index (κ2) is 7.59. The van der Waals surface area contributed by atoms with Gasteiger partial charge >= 0.3 is 0 Å². The molecule has 4 heteroatoms. The highest BCUT2D eigenvalue weighted by atomic mass is 35.5. The Hall–Kier alpha value is -0.610. The fourth-order valence-corrected chi connectivity index (χ4v) is 4.02. The lowest BCUT2D eigenvalue weighted by molar-refractivity contribution is 0.0877. The second-order valence-electron chi connectivity index (χ2n) is 6.61. The van der Waals surface area contributed by atoms with Crippen molar-refractivity contribution in [3.63, 3.8) is 0 Å². The van der Waals surface area contributed by atoms with E-state index in [1.54, 1.807) is 0 Å². The summed E-state index contributed by atoms with van der Waals surface area (Å²) in [5, 5.41) is 0. The maximum absolute atomic E-state index is 5.70. The number of nitrogens with two attached hydrogens (primary N) is 1. The molecule has 2 saturated heterocycles. The average Bonchev–Trinajstić information content (AvgIpc) is 2.83. The highest BCUT2D eigenvalue weighted by molar-refractivity contribution is 5.85. The molecule has 1 aromatic rings. The number of hydrogen-bond acceptors (Lipinski definition) is 3. The van der Waals surface area contributed by atoms with Crippen LogP contribution in [0.5, 0.6) is 0 Å². The number of hydrogen-bond donors (Lipinski definition) is 1. The zero-order valence-corrected chi connectivity index (χ0v) is 13.7. The molecular weight excluding hydrogens is 282 g/mol. The molecule has 2 aliphatic rings. The Morgan fingerprint density at radius 3 is 2.52 bits per heavy atom. The van der Waals surface area contributed by atoms with Gasteiger partial charge in [-0.1, -0.05) is 30.3 Å². The van der Waals surface area contributed by atoms with Crippen LogP contribution in [0.25, 0.3) is 0 Å². The minimum absolute atomic E-state index is 0. The molecule has 0 bridgehead atoms. The Morgan fingerprint density at radius 2 is 1.76 bits per heavy atom. The van der Waals surface area contributed by atoms with Crippen molar-refractivity contribution in [1.29, 1.82) is 0 Å². The molecule has 3 rings (SSSR count). The third-order valence-electron chi connectivity index (χ3n) is 4.95. The Morgan fingerprint density at radius 1 is 1.00 bits per heavy atom. The van der Waals surface area contributed by atoms with Gasteiger partial charge in [0.2, 0.25) is 0 Å². The maximum atomic E-state index is 5.70. The van der Waals surface area contributed by atoms with Crippen molar-refractivity contribution in [2.45, 2.75) is 25.8 Å². The van der Waals surface area contributed by atoms with Crippen molar-refractivity contribution in [3.05, 3.63) is 35.9 Å². The molecule has 21 heavy (non-hydrogen) atoms. The first-order valence-electron chi connectivity index (χ1n) is 7.98. The van der Waals surface area contributed by atoms with Gasteiger partial charge in [-0.05, 0) is 43.3 Å². The summed E-state index contributed by atoms with van der Waals surface area (Å²) in [6.07, 6.45) is 4.11. The molecule has 2 N–H and O–H groups in total. The molecule has 0 radical (unpaired) electrons. The molecule has 3 nitrogen and oxygen atoms in total. The molecule has 2 heterocycles. The Balaban J connectivity index is 0.00000161. The number of halogens is 1. The Labute approximate surface area is 134 Å². The summed E-state index contributed by atoms with van der Waals surface area (Å²) in [6.45, 7) is 8.01. The summed E-state index contributed by atoms with van der Waals surface area (Å²) in [5.41, 5.74) is 7.69. The number of piperidine rings is 1. The van der Waals surface area contributed by atoms with Crippen LogP contribution in [0.15, 0.2) is 30.3 Å². The summed E-state index contributed by atoms with van der Waals surface area (Å²) < 4.78 is 0. The normalized spacial score (nSPS) is 26.9. The van der Waals surface area contributed by atoms with Gasteiger partial charge in [-0.15, -0.1) is 12.4 Å². The first-order valence-corrected chi connectivity index (χ1v) is 7.98. The molecule has 2 fully saturated rings. The van der Waals surface area contributed by atoms with E-state index >= 15 is 0 Å². The van der Waals surface area contributed by atoms with Crippen molar-refractivity contribution < 1.29 is 0 Å². The Kier molecular flexibility index (Phi) is 6.06. The Bertz CT molecular complexity index is 425. The minimum atomic E-state index is 0. The van der Waals surface area contributed by atoms with E-state index in [4.69, 9.17) is 5.73 Å². The van der Waals surface area contributed by atoms with E-state index in [0.29, 0.717) is 5.41 Å². The summed E-state index contributed by atoms with van der Waals surface area (Å²) in [7, 11) is 0. The van der Waals surface area contributed by atoms with E-state index in [1.807, 2.05) is 0 Å². The molecule has 0 amide bonds. The summed E-state index contributed by atoms with van der Waals surface area (Å²) in [6, 6.07) is 10.9. The highest BCUT2D eigenvalue weighted by Crippen LogP contribution is 2.39. The van der Waals surface area contributed by atoms with Gasteiger partial charge in [0.1, 0.15) is 0 Å². The monoisotopic (exact) mass is 309 g/mol. The van der Waals surface area contributed by atoms with E-state index < -0.39 is 0 Å². The fraction of sp³-hybridized carbons (Fsp3) is 0.647. The van der Waals surface area contributed by atoms with Gasteiger partial charge in [-0.2, -0.15) is 0 Å². The molecule has 2 aliphatic heterocycles. The van der Waals surface area contributed by atoms with Crippen LogP contribution in [-0.2, 0) is 6.54 Å². The third kappa shape index (κ3) is 4.19. The molecular formula is C17H28ClN3. The topological polar surface area (TPSA) is 32.5 Å². The fourth-order valence-electron chi connectivity index (χ4n) is 4.02. The molecule has 1 aromatic carbocycles. The average molecular weight is 310 g/mol. The van der Waals surface area contributed by atoms with Gasteiger partial charge < -0.3 is 10.6 Å². The predicted octanol–water partition coefficient (Wildman–Crippen LogP) is 2.36. The predicted molar refractivity (Wildman–Crippen MR) is 90.7 cm³/mol. The lowest BCUT2D eigenvalue weighted by atomic mass is 9.79. The van der Waals surface area contributed by atoms with Gasteiger partial charge in [0, 0.05) is 32.7 Å². The summed E-state index contributed by atoms with van der Waals surface area (Å²) >= 11 is 0. The van der Waals surface area contributed by atoms with Crippen LogP contribution in [0.4, 0.5) is 0 Å². The summed E-state index contributed by atoms with van der Waals surface area (Å²) in [5.74, 6) is 0. The number of likely N-dealkylation sites (tertiary alicyclic amines) is 2. The van der Waals surface area contributed by atoms with E-state index in [0.717, 1.165) is 19.6 Å². The lowest BCUT2D eigenvalue weighted by Gasteiger charge is -2.40. The molecule has 0 aliphatic carbocycles. The number of nitrogens with zero attached hydrogens (tertiary/aromatic N) is 2. The maximum Gasteiger partial charge on any atom is 0.0233 e. The summed E-state index contributed by atoms with van der Waals surface area (Å²) in [4.78, 5) is 5.22. The standard InChI is InChI=1S/C17H27N3.ClH/c18-9-12-19-11-8-17(14-19)7-4-10-20(15-17)13-16-5-2-1-3-6-16;/h1-3,5-6H,4,7-15,18H2;1H. The van der Waals surface area contributed by atoms with Crippen LogP contribution in [0, 0.1) is 5.41 Å². The van der Waals surface area contributed by atoms with Crippen molar-refractivity contribution >= 4 is 12.4 Å². The molecule has 1 unspecified atom stereocenters. The van der Waals surface area contributed by atoms with E-state index in [1.165, 1.54) is 51.0 Å². The molecule has 118 valence electrons. The van der Waals surface area contributed by atoms with Crippen LogP contribution >= 0.6 is 12.4 Å². The number of benzene rings is 1. The first-order chi connectivity index (χ1) is 9.80. The second-order valence-corrected chi connectivity index (χ2v) is 6.61. The van der Waals surface area contributed by atoms with Crippen LogP contribution in [-0.4, -0.2) is 49.1 Å². The molecule has 0 saturated carbocycles. The zero-order valence-electron chi connectivity index (χ0n) is 12.8.